The van der Waals surface area contributed by atoms with Gasteiger partial charge in [-0.25, -0.2) is 18.6 Å². The molecule has 6 nitrogen and oxygen atoms in total. The Morgan fingerprint density at radius 2 is 1.69 bits per heavy atom. The Kier molecular flexibility index (Phi) is 5.84. The molecule has 0 aliphatic carbocycles. The first kappa shape index (κ1) is 22.8. The standard InChI is InChI=1S/C25H14Cl2F2N4O2/c26-16-7-4-8-19(20(16)29)33-23(14-9-10-18(28)17(27)11-14)22(21-15(25(34)35)12-30-32-21)31-24(33)13-5-2-1-3-6-13/h1-12H,(H,30,32)(H,34,35). The van der Waals surface area contributed by atoms with Crippen LogP contribution in [-0.2, 0) is 0 Å². The summed E-state index contributed by atoms with van der Waals surface area (Å²) in [6.07, 6.45) is 1.22. The molecule has 0 unspecified atom stereocenters. The molecule has 0 aliphatic rings. The van der Waals surface area contributed by atoms with Crippen molar-refractivity contribution in [2.75, 3.05) is 0 Å². The molecule has 0 saturated heterocycles. The van der Waals surface area contributed by atoms with Gasteiger partial charge in [-0.1, -0.05) is 59.6 Å². The Labute approximate surface area is 207 Å². The van der Waals surface area contributed by atoms with Crippen molar-refractivity contribution in [3.05, 3.63) is 100 Å². The van der Waals surface area contributed by atoms with Gasteiger partial charge in [-0.3, -0.25) is 9.67 Å². The summed E-state index contributed by atoms with van der Waals surface area (Å²) in [5.41, 5.74) is 1.28. The first-order chi connectivity index (χ1) is 16.9. The summed E-state index contributed by atoms with van der Waals surface area (Å²) in [4.78, 5) is 16.6. The predicted molar refractivity (Wildman–Crippen MR) is 129 cm³/mol. The lowest BCUT2D eigenvalue weighted by atomic mass is 10.1. The summed E-state index contributed by atoms with van der Waals surface area (Å²) in [6.45, 7) is 0. The summed E-state index contributed by atoms with van der Waals surface area (Å²) in [7, 11) is 0. The minimum atomic E-state index is -1.23. The number of halogens is 4. The summed E-state index contributed by atoms with van der Waals surface area (Å²) >= 11 is 12.2. The fourth-order valence-corrected chi connectivity index (χ4v) is 4.16. The molecule has 35 heavy (non-hydrogen) atoms. The van der Waals surface area contributed by atoms with E-state index in [1.807, 2.05) is 6.07 Å². The van der Waals surface area contributed by atoms with Crippen LogP contribution in [0.5, 0.6) is 0 Å². The highest BCUT2D eigenvalue weighted by molar-refractivity contribution is 6.31. The monoisotopic (exact) mass is 510 g/mol. The Morgan fingerprint density at radius 1 is 0.914 bits per heavy atom. The van der Waals surface area contributed by atoms with Crippen LogP contribution in [0.25, 0.3) is 39.7 Å². The SMILES string of the molecule is O=C(O)c1c[nH]nc1-c1nc(-c2ccccc2)n(-c2cccc(Cl)c2F)c1-c1ccc(F)c(Cl)c1. The number of hydrogen-bond acceptors (Lipinski definition) is 3. The zero-order valence-electron chi connectivity index (χ0n) is 17.6. The molecule has 0 aliphatic heterocycles. The molecule has 0 atom stereocenters. The highest BCUT2D eigenvalue weighted by Crippen LogP contribution is 2.41. The summed E-state index contributed by atoms with van der Waals surface area (Å²) in [6, 6.07) is 17.4. The molecule has 2 N–H and O–H groups in total. The number of imidazole rings is 1. The molecule has 2 aromatic heterocycles. The number of H-pyrrole nitrogens is 1. The second kappa shape index (κ2) is 8.98. The molecule has 0 fully saturated rings. The van der Waals surface area contributed by atoms with Crippen LogP contribution in [0, 0.1) is 11.6 Å². The number of aromatic amines is 1. The van der Waals surface area contributed by atoms with Gasteiger partial charge in [0.1, 0.15) is 28.6 Å². The van der Waals surface area contributed by atoms with E-state index < -0.39 is 17.6 Å². The molecule has 0 amide bonds. The average Bonchev–Trinajstić information content (AvgIpc) is 3.48. The van der Waals surface area contributed by atoms with Crippen LogP contribution in [-0.4, -0.2) is 30.8 Å². The van der Waals surface area contributed by atoms with Crippen LogP contribution in [0.4, 0.5) is 8.78 Å². The van der Waals surface area contributed by atoms with E-state index in [2.05, 4.69) is 10.2 Å². The molecule has 5 rings (SSSR count). The molecule has 3 aromatic carbocycles. The van der Waals surface area contributed by atoms with Crippen molar-refractivity contribution < 1.29 is 18.7 Å². The van der Waals surface area contributed by atoms with Crippen LogP contribution in [0.3, 0.4) is 0 Å². The number of aromatic nitrogens is 4. The smallest absolute Gasteiger partial charge is 0.339 e. The van der Waals surface area contributed by atoms with Gasteiger partial charge in [0.2, 0.25) is 0 Å². The van der Waals surface area contributed by atoms with Crippen LogP contribution >= 0.6 is 23.2 Å². The maximum absolute atomic E-state index is 15.4. The second-order valence-electron chi connectivity index (χ2n) is 7.49. The number of carboxylic acids is 1. The van der Waals surface area contributed by atoms with Gasteiger partial charge in [0.15, 0.2) is 5.82 Å². The third-order valence-corrected chi connectivity index (χ3v) is 5.95. The van der Waals surface area contributed by atoms with Crippen LogP contribution < -0.4 is 0 Å². The van der Waals surface area contributed by atoms with E-state index >= 15 is 4.39 Å². The molecule has 0 radical (unpaired) electrons. The van der Waals surface area contributed by atoms with Gasteiger partial charge in [0.25, 0.3) is 0 Å². The van der Waals surface area contributed by atoms with Crippen molar-refractivity contribution in [3.63, 3.8) is 0 Å². The molecule has 10 heteroatoms. The van der Waals surface area contributed by atoms with Gasteiger partial charge in [0, 0.05) is 17.3 Å². The first-order valence-electron chi connectivity index (χ1n) is 10.2. The number of nitrogens with zero attached hydrogens (tertiary/aromatic N) is 3. The van der Waals surface area contributed by atoms with Gasteiger partial charge < -0.3 is 5.11 Å². The van der Waals surface area contributed by atoms with E-state index in [0.29, 0.717) is 11.1 Å². The zero-order chi connectivity index (χ0) is 24.7. The van der Waals surface area contributed by atoms with Crippen molar-refractivity contribution in [2.45, 2.75) is 0 Å². The number of nitrogens with one attached hydrogen (secondary N) is 1. The van der Waals surface area contributed by atoms with E-state index in [4.69, 9.17) is 28.2 Å². The zero-order valence-corrected chi connectivity index (χ0v) is 19.1. The normalized spacial score (nSPS) is 11.1. The lowest BCUT2D eigenvalue weighted by molar-refractivity contribution is 0.0697. The molecule has 0 bridgehead atoms. The van der Waals surface area contributed by atoms with Crippen molar-refractivity contribution in [2.24, 2.45) is 0 Å². The average molecular weight is 511 g/mol. The first-order valence-corrected chi connectivity index (χ1v) is 11.0. The number of aromatic carboxylic acids is 1. The summed E-state index contributed by atoms with van der Waals surface area (Å²) in [5, 5.41) is 16.1. The van der Waals surface area contributed by atoms with E-state index in [-0.39, 0.29) is 44.2 Å². The number of hydrogen-bond donors (Lipinski definition) is 2. The minimum Gasteiger partial charge on any atom is -0.478 e. The van der Waals surface area contributed by atoms with E-state index in [1.165, 1.54) is 35.0 Å². The van der Waals surface area contributed by atoms with Crippen LogP contribution in [0.2, 0.25) is 10.0 Å². The fraction of sp³-hybridized carbons (Fsp3) is 0. The van der Waals surface area contributed by atoms with Crippen LogP contribution in [0.15, 0.2) is 72.9 Å². The Balaban J connectivity index is 1.96. The second-order valence-corrected chi connectivity index (χ2v) is 8.30. The number of carboxylic acid groups (broad SMARTS) is 1. The number of benzene rings is 3. The fourth-order valence-electron chi connectivity index (χ4n) is 3.81. The highest BCUT2D eigenvalue weighted by Gasteiger charge is 2.28. The molecular weight excluding hydrogens is 497 g/mol. The van der Waals surface area contributed by atoms with Crippen molar-refractivity contribution in [1.29, 1.82) is 0 Å². The third-order valence-electron chi connectivity index (χ3n) is 5.37. The summed E-state index contributed by atoms with van der Waals surface area (Å²) in [5.74, 6) is -2.31. The molecule has 5 aromatic rings. The third kappa shape index (κ3) is 3.96. The minimum absolute atomic E-state index is 0.0197. The van der Waals surface area contributed by atoms with Gasteiger partial charge in [-0.05, 0) is 30.3 Å². The van der Waals surface area contributed by atoms with Gasteiger partial charge in [0.05, 0.1) is 21.4 Å². The number of rotatable bonds is 5. The lowest BCUT2D eigenvalue weighted by Crippen LogP contribution is -2.04. The Bertz CT molecular complexity index is 1580. The van der Waals surface area contributed by atoms with E-state index in [9.17, 15) is 14.3 Å². The van der Waals surface area contributed by atoms with Crippen molar-refractivity contribution in [1.82, 2.24) is 19.7 Å². The maximum Gasteiger partial charge on any atom is 0.339 e. The van der Waals surface area contributed by atoms with Crippen molar-refractivity contribution >= 4 is 29.2 Å². The number of carbonyl (C=O) groups is 1. The van der Waals surface area contributed by atoms with Crippen LogP contribution in [0.1, 0.15) is 10.4 Å². The maximum atomic E-state index is 15.4. The van der Waals surface area contributed by atoms with E-state index in [1.54, 1.807) is 30.3 Å². The highest BCUT2D eigenvalue weighted by atomic mass is 35.5. The molecule has 2 heterocycles. The largest absolute Gasteiger partial charge is 0.478 e. The van der Waals surface area contributed by atoms with Gasteiger partial charge in [-0.15, -0.1) is 0 Å². The molecule has 0 saturated carbocycles. The topological polar surface area (TPSA) is 83.8 Å². The van der Waals surface area contributed by atoms with Crippen molar-refractivity contribution in [3.8, 4) is 39.7 Å². The predicted octanol–water partition coefficient (Wildman–Crippen LogP) is 6.88. The Hall–Kier alpha value is -4.01. The van der Waals surface area contributed by atoms with Gasteiger partial charge >= 0.3 is 5.97 Å². The molecule has 0 spiro atoms. The lowest BCUT2D eigenvalue weighted by Gasteiger charge is -2.15. The quantitative estimate of drug-likeness (QED) is 0.270. The van der Waals surface area contributed by atoms with Gasteiger partial charge in [-0.2, -0.15) is 5.10 Å². The molecule has 174 valence electrons. The summed E-state index contributed by atoms with van der Waals surface area (Å²) < 4.78 is 30.9. The molecular formula is C25H14Cl2F2N4O2. The Morgan fingerprint density at radius 3 is 2.40 bits per heavy atom. The van der Waals surface area contributed by atoms with E-state index in [0.717, 1.165) is 6.07 Å².